The standard InChI is InChI=1S/C13H16F3N5/c1-7(2)6-17-8(3)13-18-19-20-21(13)12-10(15)4-9(14)5-11(12)16/h4-5,7-8,17H,6H2,1-3H3. The predicted molar refractivity (Wildman–Crippen MR) is 70.3 cm³/mol. The maximum atomic E-state index is 13.8. The van der Waals surface area contributed by atoms with Crippen LogP contribution in [0.5, 0.6) is 0 Å². The van der Waals surface area contributed by atoms with Gasteiger partial charge in [-0.1, -0.05) is 13.8 Å². The number of hydrogen-bond donors (Lipinski definition) is 1. The fourth-order valence-corrected chi connectivity index (χ4v) is 1.86. The molecular weight excluding hydrogens is 283 g/mol. The molecule has 1 N–H and O–H groups in total. The molecule has 0 saturated carbocycles. The highest BCUT2D eigenvalue weighted by atomic mass is 19.1. The van der Waals surface area contributed by atoms with E-state index >= 15 is 0 Å². The van der Waals surface area contributed by atoms with Gasteiger partial charge in [0.25, 0.3) is 0 Å². The summed E-state index contributed by atoms with van der Waals surface area (Å²) in [5, 5.41) is 14.0. The Balaban J connectivity index is 2.37. The van der Waals surface area contributed by atoms with Crippen LogP contribution in [0.3, 0.4) is 0 Å². The molecule has 0 fully saturated rings. The average molecular weight is 299 g/mol. The molecule has 0 bridgehead atoms. The maximum Gasteiger partial charge on any atom is 0.173 e. The molecule has 0 saturated heterocycles. The summed E-state index contributed by atoms with van der Waals surface area (Å²) < 4.78 is 41.5. The van der Waals surface area contributed by atoms with E-state index in [9.17, 15) is 13.2 Å². The fraction of sp³-hybridized carbons (Fsp3) is 0.462. The van der Waals surface area contributed by atoms with Crippen molar-refractivity contribution in [1.82, 2.24) is 25.5 Å². The van der Waals surface area contributed by atoms with E-state index in [0.29, 0.717) is 24.6 Å². The van der Waals surface area contributed by atoms with E-state index < -0.39 is 23.1 Å². The normalized spacial score (nSPS) is 12.9. The van der Waals surface area contributed by atoms with Gasteiger partial charge in [-0.2, -0.15) is 4.68 Å². The molecule has 0 spiro atoms. The Hall–Kier alpha value is -1.96. The van der Waals surface area contributed by atoms with E-state index in [-0.39, 0.29) is 11.9 Å². The van der Waals surface area contributed by atoms with Crippen LogP contribution in [0.1, 0.15) is 32.6 Å². The second-order valence-corrected chi connectivity index (χ2v) is 5.19. The van der Waals surface area contributed by atoms with Crippen molar-refractivity contribution in [3.63, 3.8) is 0 Å². The lowest BCUT2D eigenvalue weighted by Gasteiger charge is -2.15. The van der Waals surface area contributed by atoms with Crippen molar-refractivity contribution in [2.45, 2.75) is 26.8 Å². The molecule has 0 aliphatic rings. The van der Waals surface area contributed by atoms with Crippen LogP contribution in [-0.4, -0.2) is 26.8 Å². The zero-order valence-corrected chi connectivity index (χ0v) is 11.9. The minimum atomic E-state index is -1.06. The summed E-state index contributed by atoms with van der Waals surface area (Å²) >= 11 is 0. The minimum absolute atomic E-state index is 0.250. The predicted octanol–water partition coefficient (Wildman–Crippen LogP) is 2.39. The van der Waals surface area contributed by atoms with E-state index in [1.165, 1.54) is 0 Å². The third-order valence-electron chi connectivity index (χ3n) is 2.91. The lowest BCUT2D eigenvalue weighted by molar-refractivity contribution is 0.467. The molecule has 1 aromatic carbocycles. The summed E-state index contributed by atoms with van der Waals surface area (Å²) in [5.41, 5.74) is -0.491. The van der Waals surface area contributed by atoms with Gasteiger partial charge in [-0.05, 0) is 29.8 Å². The van der Waals surface area contributed by atoms with Crippen LogP contribution in [0, 0.1) is 23.4 Å². The minimum Gasteiger partial charge on any atom is -0.307 e. The first kappa shape index (κ1) is 15.4. The van der Waals surface area contributed by atoms with E-state index in [4.69, 9.17) is 0 Å². The van der Waals surface area contributed by atoms with Crippen LogP contribution < -0.4 is 5.32 Å². The molecule has 0 amide bonds. The highest BCUT2D eigenvalue weighted by molar-refractivity contribution is 5.35. The molecule has 1 aromatic heterocycles. The third-order valence-corrected chi connectivity index (χ3v) is 2.91. The van der Waals surface area contributed by atoms with E-state index in [0.717, 1.165) is 4.68 Å². The van der Waals surface area contributed by atoms with Crippen LogP contribution in [0.4, 0.5) is 13.2 Å². The van der Waals surface area contributed by atoms with Gasteiger partial charge in [-0.3, -0.25) is 0 Å². The van der Waals surface area contributed by atoms with Gasteiger partial charge in [0.2, 0.25) is 0 Å². The largest absolute Gasteiger partial charge is 0.307 e. The highest BCUT2D eigenvalue weighted by Crippen LogP contribution is 2.21. The SMILES string of the molecule is CC(C)CNC(C)c1nnnn1-c1c(F)cc(F)cc1F. The number of hydrogen-bond acceptors (Lipinski definition) is 4. The molecule has 1 unspecified atom stereocenters. The van der Waals surface area contributed by atoms with Gasteiger partial charge in [0.05, 0.1) is 6.04 Å². The maximum absolute atomic E-state index is 13.8. The molecule has 114 valence electrons. The van der Waals surface area contributed by atoms with E-state index in [1.807, 2.05) is 13.8 Å². The van der Waals surface area contributed by atoms with Crippen LogP contribution >= 0.6 is 0 Å². The van der Waals surface area contributed by atoms with Gasteiger partial charge < -0.3 is 5.32 Å². The van der Waals surface area contributed by atoms with Gasteiger partial charge in [0, 0.05) is 12.1 Å². The molecule has 5 nitrogen and oxygen atoms in total. The van der Waals surface area contributed by atoms with Crippen LogP contribution in [0.25, 0.3) is 5.69 Å². The quantitative estimate of drug-likeness (QED) is 0.921. The number of tetrazole rings is 1. The second kappa shape index (κ2) is 6.21. The van der Waals surface area contributed by atoms with E-state index in [2.05, 4.69) is 20.8 Å². The van der Waals surface area contributed by atoms with Crippen molar-refractivity contribution in [2.75, 3.05) is 6.54 Å². The number of nitrogens with one attached hydrogen (secondary N) is 1. The van der Waals surface area contributed by atoms with Gasteiger partial charge in [-0.25, -0.2) is 13.2 Å². The first-order valence-electron chi connectivity index (χ1n) is 6.56. The molecule has 2 aromatic rings. The number of aromatic nitrogens is 4. The summed E-state index contributed by atoms with van der Waals surface area (Å²) in [5.74, 6) is -2.46. The van der Waals surface area contributed by atoms with E-state index in [1.54, 1.807) is 6.92 Å². The van der Waals surface area contributed by atoms with Crippen LogP contribution in [0.2, 0.25) is 0 Å². The molecule has 0 radical (unpaired) electrons. The first-order chi connectivity index (χ1) is 9.90. The lowest BCUT2D eigenvalue weighted by Crippen LogP contribution is -2.26. The van der Waals surface area contributed by atoms with Gasteiger partial charge in [0.1, 0.15) is 11.5 Å². The van der Waals surface area contributed by atoms with Crippen LogP contribution in [0.15, 0.2) is 12.1 Å². The summed E-state index contributed by atoms with van der Waals surface area (Å²) in [6, 6.07) is 0.873. The molecule has 1 atom stereocenters. The van der Waals surface area contributed by atoms with Gasteiger partial charge >= 0.3 is 0 Å². The number of rotatable bonds is 5. The van der Waals surface area contributed by atoms with Crippen molar-refractivity contribution in [2.24, 2.45) is 5.92 Å². The topological polar surface area (TPSA) is 55.6 Å². The number of nitrogens with zero attached hydrogens (tertiary/aromatic N) is 4. The number of benzene rings is 1. The molecule has 2 rings (SSSR count). The Morgan fingerprint density at radius 1 is 1.14 bits per heavy atom. The summed E-state index contributed by atoms with van der Waals surface area (Å²) in [6.45, 7) is 6.54. The highest BCUT2D eigenvalue weighted by Gasteiger charge is 2.21. The van der Waals surface area contributed by atoms with Crippen molar-refractivity contribution < 1.29 is 13.2 Å². The Morgan fingerprint density at radius 2 is 1.76 bits per heavy atom. The molecular formula is C13H16F3N5. The van der Waals surface area contributed by atoms with Crippen molar-refractivity contribution >= 4 is 0 Å². The van der Waals surface area contributed by atoms with Gasteiger partial charge in [0.15, 0.2) is 17.5 Å². The van der Waals surface area contributed by atoms with Crippen molar-refractivity contribution in [1.29, 1.82) is 0 Å². The molecule has 0 aliphatic heterocycles. The second-order valence-electron chi connectivity index (χ2n) is 5.19. The first-order valence-corrected chi connectivity index (χ1v) is 6.56. The zero-order valence-electron chi connectivity index (χ0n) is 11.9. The number of halogens is 3. The lowest BCUT2D eigenvalue weighted by atomic mass is 10.2. The summed E-state index contributed by atoms with van der Waals surface area (Å²) in [7, 11) is 0. The fourth-order valence-electron chi connectivity index (χ4n) is 1.86. The Morgan fingerprint density at radius 3 is 2.33 bits per heavy atom. The third kappa shape index (κ3) is 3.38. The average Bonchev–Trinajstić information content (AvgIpc) is 2.83. The molecule has 0 aliphatic carbocycles. The smallest absolute Gasteiger partial charge is 0.173 e. The molecule has 1 heterocycles. The molecule has 21 heavy (non-hydrogen) atoms. The Labute approximate surface area is 120 Å². The molecule has 8 heteroatoms. The van der Waals surface area contributed by atoms with Crippen molar-refractivity contribution in [3.8, 4) is 5.69 Å². The van der Waals surface area contributed by atoms with Crippen molar-refractivity contribution in [3.05, 3.63) is 35.4 Å². The summed E-state index contributed by atoms with van der Waals surface area (Å²) in [4.78, 5) is 0. The monoisotopic (exact) mass is 299 g/mol. The Kier molecular flexibility index (Phi) is 4.56. The van der Waals surface area contributed by atoms with Crippen LogP contribution in [-0.2, 0) is 0 Å². The Bertz CT molecular complexity index is 603. The summed E-state index contributed by atoms with van der Waals surface area (Å²) in [6.07, 6.45) is 0. The van der Waals surface area contributed by atoms with Gasteiger partial charge in [-0.15, -0.1) is 5.10 Å². The zero-order chi connectivity index (χ0) is 15.6.